The monoisotopic (exact) mass is 296 g/mol. The summed E-state index contributed by atoms with van der Waals surface area (Å²) in [5.41, 5.74) is -0.110. The normalized spacial score (nSPS) is 12.9. The van der Waals surface area contributed by atoms with Crippen molar-refractivity contribution in [1.82, 2.24) is 5.32 Å². The van der Waals surface area contributed by atoms with Gasteiger partial charge in [-0.3, -0.25) is 9.59 Å². The number of anilines is 1. The molecular formula is C13H16N2O6. The maximum Gasteiger partial charge on any atom is 0.331 e. The molecule has 8 nitrogen and oxygen atoms in total. The highest BCUT2D eigenvalue weighted by molar-refractivity contribution is 6.01. The van der Waals surface area contributed by atoms with Crippen LogP contribution in [0.2, 0.25) is 0 Å². The molecule has 1 rings (SSSR count). The average Bonchev–Trinajstić information content (AvgIpc) is 2.45. The molecule has 0 heterocycles. The molecule has 0 saturated carbocycles. The van der Waals surface area contributed by atoms with Crippen molar-refractivity contribution in [2.24, 2.45) is 0 Å². The van der Waals surface area contributed by atoms with Crippen molar-refractivity contribution in [1.29, 1.82) is 0 Å². The van der Waals surface area contributed by atoms with Crippen molar-refractivity contribution in [2.45, 2.75) is 19.1 Å². The fraction of sp³-hybridized carbons (Fsp3) is 0.308. The van der Waals surface area contributed by atoms with E-state index in [1.807, 2.05) is 0 Å². The molecular weight excluding hydrogens is 280 g/mol. The molecule has 0 aromatic heterocycles. The summed E-state index contributed by atoms with van der Waals surface area (Å²) in [6.07, 6.45) is -0.830. The van der Waals surface area contributed by atoms with Crippen molar-refractivity contribution in [3.05, 3.63) is 23.8 Å². The van der Waals surface area contributed by atoms with Gasteiger partial charge in [0.15, 0.2) is 11.8 Å². The molecule has 0 unspecified atom stereocenters. The number of benzene rings is 1. The number of para-hydroxylation sites is 1. The van der Waals surface area contributed by atoms with Crippen LogP contribution >= 0.6 is 0 Å². The van der Waals surface area contributed by atoms with Crippen LogP contribution in [0.5, 0.6) is 5.75 Å². The predicted octanol–water partition coefficient (Wildman–Crippen LogP) is -0.387. The second-order valence-corrected chi connectivity index (χ2v) is 4.18. The first-order valence-electron chi connectivity index (χ1n) is 6.01. The second kappa shape index (κ2) is 7.25. The van der Waals surface area contributed by atoms with E-state index < -0.39 is 29.8 Å². The number of rotatable bonds is 6. The number of hydrogen-bond acceptors (Lipinski definition) is 6. The van der Waals surface area contributed by atoms with Crippen molar-refractivity contribution >= 4 is 24.0 Å². The van der Waals surface area contributed by atoms with Crippen molar-refractivity contribution < 1.29 is 29.3 Å². The zero-order valence-electron chi connectivity index (χ0n) is 11.5. The number of methoxy groups -OCH3 is 1. The molecule has 0 saturated heterocycles. The molecule has 1 aromatic rings. The number of carbonyl (C=O) groups excluding carboxylic acids is 3. The number of hydrogen-bond donors (Lipinski definition) is 4. The van der Waals surface area contributed by atoms with Gasteiger partial charge in [0.05, 0.1) is 24.5 Å². The minimum atomic E-state index is -1.27. The molecule has 0 spiro atoms. The Morgan fingerprint density at radius 3 is 2.57 bits per heavy atom. The first-order valence-corrected chi connectivity index (χ1v) is 6.01. The Hall–Kier alpha value is -2.61. The minimum Gasteiger partial charge on any atom is -0.505 e. The third-order valence-electron chi connectivity index (χ3n) is 2.72. The molecule has 0 bridgehead atoms. The van der Waals surface area contributed by atoms with Gasteiger partial charge >= 0.3 is 5.97 Å². The first kappa shape index (κ1) is 16.4. The highest BCUT2D eigenvalue weighted by atomic mass is 16.5. The van der Waals surface area contributed by atoms with Gasteiger partial charge < -0.3 is 25.6 Å². The number of ether oxygens (including phenoxy) is 1. The van der Waals surface area contributed by atoms with Gasteiger partial charge in [-0.15, -0.1) is 0 Å². The quantitative estimate of drug-likeness (QED) is 0.322. The first-order chi connectivity index (χ1) is 9.92. The van der Waals surface area contributed by atoms with E-state index in [1.54, 1.807) is 0 Å². The van der Waals surface area contributed by atoms with Crippen molar-refractivity contribution in [3.63, 3.8) is 0 Å². The van der Waals surface area contributed by atoms with Crippen LogP contribution in [-0.4, -0.2) is 47.8 Å². The van der Waals surface area contributed by atoms with Crippen LogP contribution < -0.4 is 10.6 Å². The summed E-state index contributed by atoms with van der Waals surface area (Å²) in [4.78, 5) is 33.9. The van der Waals surface area contributed by atoms with Crippen molar-refractivity contribution in [2.75, 3.05) is 12.4 Å². The Morgan fingerprint density at radius 1 is 1.38 bits per heavy atom. The minimum absolute atomic E-state index is 0.0457. The highest BCUT2D eigenvalue weighted by Gasteiger charge is 2.28. The maximum absolute atomic E-state index is 12.1. The van der Waals surface area contributed by atoms with E-state index in [4.69, 9.17) is 0 Å². The highest BCUT2D eigenvalue weighted by Crippen LogP contribution is 2.26. The number of phenolic OH excluding ortho intramolecular Hbond substituents is 1. The summed E-state index contributed by atoms with van der Waals surface area (Å²) in [5.74, 6) is -2.06. The fourth-order valence-corrected chi connectivity index (χ4v) is 1.63. The fourth-order valence-electron chi connectivity index (χ4n) is 1.63. The average molecular weight is 296 g/mol. The predicted molar refractivity (Wildman–Crippen MR) is 72.7 cm³/mol. The van der Waals surface area contributed by atoms with Gasteiger partial charge in [-0.2, -0.15) is 0 Å². The summed E-state index contributed by atoms with van der Waals surface area (Å²) in [5, 5.41) is 23.8. The number of amides is 2. The Morgan fingerprint density at radius 2 is 2.05 bits per heavy atom. The summed E-state index contributed by atoms with van der Waals surface area (Å²) in [6.45, 7) is 1.31. The number of aliphatic hydroxyl groups excluding tert-OH is 1. The molecule has 114 valence electrons. The summed E-state index contributed by atoms with van der Waals surface area (Å²) < 4.78 is 4.47. The summed E-state index contributed by atoms with van der Waals surface area (Å²) in [6, 6.07) is 2.87. The van der Waals surface area contributed by atoms with E-state index in [9.17, 15) is 24.6 Å². The second-order valence-electron chi connectivity index (χ2n) is 4.18. The van der Waals surface area contributed by atoms with Gasteiger partial charge in [-0.25, -0.2) is 4.79 Å². The Bertz CT molecular complexity index is 543. The molecule has 4 N–H and O–H groups in total. The topological polar surface area (TPSA) is 125 Å². The van der Waals surface area contributed by atoms with Gasteiger partial charge in [0, 0.05) is 0 Å². The SMILES string of the molecule is COC(=O)[C@H](NC(=O)c1cccc(NC=O)c1O)[C@@H](C)O. The van der Waals surface area contributed by atoms with Crippen LogP contribution in [0.25, 0.3) is 0 Å². The zero-order chi connectivity index (χ0) is 16.0. The lowest BCUT2D eigenvalue weighted by molar-refractivity contribution is -0.145. The van der Waals surface area contributed by atoms with Crippen LogP contribution in [-0.2, 0) is 14.3 Å². The summed E-state index contributed by atoms with van der Waals surface area (Å²) in [7, 11) is 1.12. The van der Waals surface area contributed by atoms with Crippen LogP contribution in [0.3, 0.4) is 0 Å². The van der Waals surface area contributed by atoms with Crippen LogP contribution in [0.4, 0.5) is 5.69 Å². The van der Waals surface area contributed by atoms with Gasteiger partial charge in [0.25, 0.3) is 5.91 Å². The van der Waals surface area contributed by atoms with Gasteiger partial charge in [-0.1, -0.05) is 6.07 Å². The molecule has 2 amide bonds. The molecule has 0 radical (unpaired) electrons. The maximum atomic E-state index is 12.1. The smallest absolute Gasteiger partial charge is 0.331 e. The van der Waals surface area contributed by atoms with E-state index in [1.165, 1.54) is 25.1 Å². The van der Waals surface area contributed by atoms with E-state index in [0.717, 1.165) is 7.11 Å². The molecule has 0 aliphatic carbocycles. The molecule has 0 aliphatic rings. The summed E-state index contributed by atoms with van der Waals surface area (Å²) >= 11 is 0. The molecule has 2 atom stereocenters. The number of aromatic hydroxyl groups is 1. The Kier molecular flexibility index (Phi) is 5.67. The number of phenols is 1. The standard InChI is InChI=1S/C13H16N2O6/c1-7(17)10(13(20)21-2)15-12(19)8-4-3-5-9(11(8)18)14-6-16/h3-7,10,17-18H,1-2H3,(H,14,16)(H,15,19)/t7-,10-/m1/s1. The lowest BCUT2D eigenvalue weighted by atomic mass is 10.1. The Labute approximate surface area is 120 Å². The van der Waals surface area contributed by atoms with E-state index in [0.29, 0.717) is 6.41 Å². The molecule has 0 aliphatic heterocycles. The number of esters is 1. The van der Waals surface area contributed by atoms with Crippen molar-refractivity contribution in [3.8, 4) is 5.75 Å². The molecule has 21 heavy (non-hydrogen) atoms. The number of aliphatic hydroxyl groups is 1. The van der Waals surface area contributed by atoms with Gasteiger partial charge in [-0.05, 0) is 19.1 Å². The van der Waals surface area contributed by atoms with Crippen LogP contribution in [0, 0.1) is 0 Å². The molecule has 8 heteroatoms. The zero-order valence-corrected chi connectivity index (χ0v) is 11.5. The lowest BCUT2D eigenvalue weighted by Crippen LogP contribution is -2.48. The Balaban J connectivity index is 3.00. The third kappa shape index (κ3) is 3.93. The third-order valence-corrected chi connectivity index (χ3v) is 2.72. The number of carbonyl (C=O) groups is 3. The van der Waals surface area contributed by atoms with Crippen LogP contribution in [0.1, 0.15) is 17.3 Å². The van der Waals surface area contributed by atoms with Gasteiger partial charge in [0.2, 0.25) is 6.41 Å². The molecule has 1 aromatic carbocycles. The van der Waals surface area contributed by atoms with E-state index >= 15 is 0 Å². The van der Waals surface area contributed by atoms with Crippen LogP contribution in [0.15, 0.2) is 18.2 Å². The lowest BCUT2D eigenvalue weighted by Gasteiger charge is -2.19. The van der Waals surface area contributed by atoms with Gasteiger partial charge in [0.1, 0.15) is 0 Å². The molecule has 0 fully saturated rings. The largest absolute Gasteiger partial charge is 0.505 e. The van der Waals surface area contributed by atoms with E-state index in [-0.39, 0.29) is 11.3 Å². The van der Waals surface area contributed by atoms with E-state index in [2.05, 4.69) is 15.4 Å². The number of nitrogens with one attached hydrogen (secondary N) is 2.